The van der Waals surface area contributed by atoms with E-state index in [1.165, 1.54) is 14.0 Å². The van der Waals surface area contributed by atoms with Crippen LogP contribution in [0.15, 0.2) is 12.2 Å². The highest BCUT2D eigenvalue weighted by Crippen LogP contribution is 2.12. The SMILES string of the molecule is C=C(C)C(=O)OCC(O)COC(=O)SCC(C)C(=O)OC. The third kappa shape index (κ3) is 9.09. The normalized spacial score (nSPS) is 13.0. The van der Waals surface area contributed by atoms with Crippen LogP contribution >= 0.6 is 11.8 Å². The van der Waals surface area contributed by atoms with Crippen LogP contribution in [0.1, 0.15) is 13.8 Å². The first-order chi connectivity index (χ1) is 9.77. The van der Waals surface area contributed by atoms with Crippen molar-refractivity contribution in [1.82, 2.24) is 0 Å². The van der Waals surface area contributed by atoms with Gasteiger partial charge in [-0.3, -0.25) is 4.79 Å². The number of carbonyl (C=O) groups excluding carboxylic acids is 3. The molecule has 0 aromatic rings. The maximum absolute atomic E-state index is 11.4. The van der Waals surface area contributed by atoms with Crippen molar-refractivity contribution in [2.75, 3.05) is 26.1 Å². The number of ether oxygens (including phenoxy) is 3. The molecule has 0 aliphatic rings. The van der Waals surface area contributed by atoms with Gasteiger partial charge in [-0.2, -0.15) is 0 Å². The van der Waals surface area contributed by atoms with E-state index in [0.717, 1.165) is 11.8 Å². The van der Waals surface area contributed by atoms with Gasteiger partial charge < -0.3 is 19.3 Å². The van der Waals surface area contributed by atoms with Crippen molar-refractivity contribution in [3.05, 3.63) is 12.2 Å². The maximum Gasteiger partial charge on any atom is 0.367 e. The summed E-state index contributed by atoms with van der Waals surface area (Å²) in [6.07, 6.45) is -1.11. The number of aliphatic hydroxyl groups excluding tert-OH is 1. The largest absolute Gasteiger partial charge is 0.469 e. The molecule has 8 heteroatoms. The summed E-state index contributed by atoms with van der Waals surface area (Å²) in [6, 6.07) is 0. The quantitative estimate of drug-likeness (QED) is 0.404. The number of thioether (sulfide) groups is 1. The number of rotatable bonds is 8. The molecule has 0 bridgehead atoms. The molecule has 0 aliphatic carbocycles. The monoisotopic (exact) mass is 320 g/mol. The average molecular weight is 320 g/mol. The summed E-state index contributed by atoms with van der Waals surface area (Å²) in [5, 5.41) is 8.84. The van der Waals surface area contributed by atoms with Gasteiger partial charge in [-0.1, -0.05) is 13.5 Å². The molecule has 0 fully saturated rings. The molecule has 21 heavy (non-hydrogen) atoms. The number of methoxy groups -OCH3 is 1. The topological polar surface area (TPSA) is 99.1 Å². The fraction of sp³-hybridized carbons (Fsp3) is 0.615. The molecule has 0 amide bonds. The van der Waals surface area contributed by atoms with Crippen LogP contribution in [-0.2, 0) is 23.8 Å². The van der Waals surface area contributed by atoms with E-state index in [4.69, 9.17) is 9.47 Å². The van der Waals surface area contributed by atoms with E-state index in [0.29, 0.717) is 0 Å². The molecular weight excluding hydrogens is 300 g/mol. The minimum Gasteiger partial charge on any atom is -0.469 e. The molecule has 0 radical (unpaired) electrons. The Kier molecular flexibility index (Phi) is 9.48. The molecule has 7 nitrogen and oxygen atoms in total. The van der Waals surface area contributed by atoms with Gasteiger partial charge in [-0.25, -0.2) is 9.59 Å². The Bertz CT molecular complexity index is 394. The molecule has 2 unspecified atom stereocenters. The summed E-state index contributed by atoms with van der Waals surface area (Å²) in [5.74, 6) is -1.26. The maximum atomic E-state index is 11.4. The number of hydrogen-bond acceptors (Lipinski definition) is 8. The smallest absolute Gasteiger partial charge is 0.367 e. The molecule has 0 heterocycles. The Morgan fingerprint density at radius 3 is 2.33 bits per heavy atom. The first-order valence-electron chi connectivity index (χ1n) is 6.16. The van der Waals surface area contributed by atoms with Crippen LogP contribution in [0.5, 0.6) is 0 Å². The van der Waals surface area contributed by atoms with E-state index in [-0.39, 0.29) is 24.5 Å². The molecule has 0 rings (SSSR count). The number of carbonyl (C=O) groups is 3. The van der Waals surface area contributed by atoms with Gasteiger partial charge in [0.15, 0.2) is 0 Å². The third-order valence-corrected chi connectivity index (χ3v) is 3.22. The van der Waals surface area contributed by atoms with Gasteiger partial charge in [0, 0.05) is 11.3 Å². The van der Waals surface area contributed by atoms with Gasteiger partial charge in [-0.05, 0) is 18.7 Å². The van der Waals surface area contributed by atoms with Crippen molar-refractivity contribution in [2.24, 2.45) is 5.92 Å². The lowest BCUT2D eigenvalue weighted by atomic mass is 10.2. The van der Waals surface area contributed by atoms with Crippen molar-refractivity contribution < 1.29 is 33.7 Å². The molecular formula is C13H20O7S. The lowest BCUT2D eigenvalue weighted by Crippen LogP contribution is -2.25. The molecule has 0 aliphatic heterocycles. The summed E-state index contributed by atoms with van der Waals surface area (Å²) >= 11 is 0.805. The van der Waals surface area contributed by atoms with Gasteiger partial charge in [0.1, 0.15) is 19.3 Å². The van der Waals surface area contributed by atoms with Crippen LogP contribution in [0, 0.1) is 5.92 Å². The van der Waals surface area contributed by atoms with Crippen LogP contribution in [-0.4, -0.2) is 54.5 Å². The highest BCUT2D eigenvalue weighted by Gasteiger charge is 2.17. The third-order valence-electron chi connectivity index (χ3n) is 2.20. The molecule has 2 atom stereocenters. The summed E-state index contributed by atoms with van der Waals surface area (Å²) in [5.41, 5.74) is 0.214. The molecule has 1 N–H and O–H groups in total. The minimum absolute atomic E-state index is 0.214. The Balaban J connectivity index is 3.85. The van der Waals surface area contributed by atoms with E-state index in [1.54, 1.807) is 6.92 Å². The van der Waals surface area contributed by atoms with Gasteiger partial charge in [0.05, 0.1) is 13.0 Å². The van der Waals surface area contributed by atoms with Crippen molar-refractivity contribution in [3.8, 4) is 0 Å². The zero-order valence-corrected chi connectivity index (χ0v) is 13.1. The lowest BCUT2D eigenvalue weighted by Gasteiger charge is -2.12. The van der Waals surface area contributed by atoms with E-state index in [2.05, 4.69) is 11.3 Å². The highest BCUT2D eigenvalue weighted by atomic mass is 32.2. The van der Waals surface area contributed by atoms with Crippen LogP contribution < -0.4 is 0 Å². The predicted molar refractivity (Wildman–Crippen MR) is 76.8 cm³/mol. The Morgan fingerprint density at radius 2 is 1.81 bits per heavy atom. The fourth-order valence-corrected chi connectivity index (χ4v) is 1.68. The summed E-state index contributed by atoms with van der Waals surface area (Å²) in [6.45, 7) is 5.90. The highest BCUT2D eigenvalue weighted by molar-refractivity contribution is 8.13. The van der Waals surface area contributed by atoms with E-state index >= 15 is 0 Å². The number of aliphatic hydroxyl groups is 1. The van der Waals surface area contributed by atoms with E-state index in [9.17, 15) is 19.5 Å². The van der Waals surface area contributed by atoms with Gasteiger partial charge in [0.2, 0.25) is 0 Å². The van der Waals surface area contributed by atoms with Gasteiger partial charge in [0.25, 0.3) is 0 Å². The van der Waals surface area contributed by atoms with E-state index in [1.807, 2.05) is 0 Å². The molecule has 0 spiro atoms. The predicted octanol–water partition coefficient (Wildman–Crippen LogP) is 1.15. The summed E-state index contributed by atoms with van der Waals surface area (Å²) in [4.78, 5) is 33.5. The second-order valence-corrected chi connectivity index (χ2v) is 5.28. The Hall–Kier alpha value is -1.54. The lowest BCUT2D eigenvalue weighted by molar-refractivity contribution is -0.144. The van der Waals surface area contributed by atoms with Gasteiger partial charge >= 0.3 is 17.2 Å². The Labute approximate surface area is 127 Å². The molecule has 0 saturated carbocycles. The van der Waals surface area contributed by atoms with Crippen molar-refractivity contribution >= 4 is 29.0 Å². The molecule has 0 saturated heterocycles. The average Bonchev–Trinajstić information content (AvgIpc) is 2.46. The number of esters is 2. The van der Waals surface area contributed by atoms with Crippen molar-refractivity contribution in [3.63, 3.8) is 0 Å². The van der Waals surface area contributed by atoms with Gasteiger partial charge in [-0.15, -0.1) is 0 Å². The Morgan fingerprint density at radius 1 is 1.24 bits per heavy atom. The van der Waals surface area contributed by atoms with E-state index < -0.39 is 29.3 Å². The van der Waals surface area contributed by atoms with Crippen molar-refractivity contribution in [1.29, 1.82) is 0 Å². The first kappa shape index (κ1) is 19.5. The van der Waals surface area contributed by atoms with Crippen LogP contribution in [0.3, 0.4) is 0 Å². The number of hydrogen-bond donors (Lipinski definition) is 1. The zero-order chi connectivity index (χ0) is 16.4. The molecule has 0 aromatic carbocycles. The summed E-state index contributed by atoms with van der Waals surface area (Å²) in [7, 11) is 1.27. The second kappa shape index (κ2) is 10.2. The summed E-state index contributed by atoms with van der Waals surface area (Å²) < 4.78 is 14.0. The van der Waals surface area contributed by atoms with Crippen LogP contribution in [0.2, 0.25) is 0 Å². The van der Waals surface area contributed by atoms with Crippen LogP contribution in [0.4, 0.5) is 4.79 Å². The second-order valence-electron chi connectivity index (χ2n) is 4.33. The standard InChI is InChI=1S/C13H20O7S/c1-8(2)11(15)19-5-10(14)6-20-13(17)21-7-9(3)12(16)18-4/h9-10,14H,1,5-7H2,2-4H3. The van der Waals surface area contributed by atoms with Crippen LogP contribution in [0.25, 0.3) is 0 Å². The molecule has 0 aromatic heterocycles. The fourth-order valence-electron chi connectivity index (χ4n) is 1.01. The van der Waals surface area contributed by atoms with Crippen molar-refractivity contribution in [2.45, 2.75) is 20.0 Å². The zero-order valence-electron chi connectivity index (χ0n) is 12.3. The molecule has 120 valence electrons. The first-order valence-corrected chi connectivity index (χ1v) is 7.14. The minimum atomic E-state index is -1.11.